The summed E-state index contributed by atoms with van der Waals surface area (Å²) in [4.78, 5) is 13.5. The van der Waals surface area contributed by atoms with E-state index in [1.165, 1.54) is 0 Å². The van der Waals surface area contributed by atoms with Crippen LogP contribution in [-0.4, -0.2) is 19.5 Å². The summed E-state index contributed by atoms with van der Waals surface area (Å²) in [5.41, 5.74) is 8.65. The van der Waals surface area contributed by atoms with Crippen LogP contribution < -0.4 is 5.73 Å². The van der Waals surface area contributed by atoms with Gasteiger partial charge in [0, 0.05) is 17.1 Å². The van der Waals surface area contributed by atoms with Crippen molar-refractivity contribution in [3.05, 3.63) is 28.8 Å². The highest BCUT2D eigenvalue weighted by molar-refractivity contribution is 7.10. The third-order valence-corrected chi connectivity index (χ3v) is 4.31. The number of hydrogen-bond acceptors (Lipinski definition) is 5. The Bertz CT molecular complexity index is 779. The van der Waals surface area contributed by atoms with Crippen LogP contribution in [0.1, 0.15) is 38.7 Å². The number of fused-ring (bicyclic) bond motifs is 1. The minimum absolute atomic E-state index is 0.0575. The summed E-state index contributed by atoms with van der Waals surface area (Å²) < 4.78 is 2.21. The lowest BCUT2D eigenvalue weighted by atomic mass is 10.1. The van der Waals surface area contributed by atoms with Gasteiger partial charge in [0.1, 0.15) is 16.2 Å². The van der Waals surface area contributed by atoms with E-state index >= 15 is 0 Å². The van der Waals surface area contributed by atoms with E-state index < -0.39 is 0 Å². The number of hydrogen-bond donors (Lipinski definition) is 1. The Morgan fingerprint density at radius 3 is 2.67 bits per heavy atom. The van der Waals surface area contributed by atoms with E-state index in [-0.39, 0.29) is 11.6 Å². The van der Waals surface area contributed by atoms with Crippen LogP contribution in [0.4, 0.5) is 0 Å². The molecule has 3 aromatic rings. The predicted molar refractivity (Wildman–Crippen MR) is 86.2 cm³/mol. The number of pyridine rings is 1. The lowest BCUT2D eigenvalue weighted by molar-refractivity contribution is 0.412. The van der Waals surface area contributed by atoms with Crippen LogP contribution in [0.15, 0.2) is 23.8 Å². The van der Waals surface area contributed by atoms with E-state index in [2.05, 4.69) is 35.3 Å². The van der Waals surface area contributed by atoms with Crippen LogP contribution in [0.3, 0.4) is 0 Å². The molecular weight excluding hydrogens is 282 g/mol. The molecule has 2 N–H and O–H groups in total. The third-order valence-electron chi connectivity index (χ3n) is 3.27. The maximum atomic E-state index is 5.91. The van der Waals surface area contributed by atoms with Crippen LogP contribution in [0.25, 0.3) is 22.6 Å². The Hall–Kier alpha value is -1.79. The fourth-order valence-corrected chi connectivity index (χ4v) is 3.14. The van der Waals surface area contributed by atoms with E-state index in [0.717, 1.165) is 27.6 Å². The summed E-state index contributed by atoms with van der Waals surface area (Å²) in [6, 6.07) is 1.94. The van der Waals surface area contributed by atoms with Gasteiger partial charge in [-0.3, -0.25) is 4.98 Å². The molecule has 0 spiro atoms. The van der Waals surface area contributed by atoms with Gasteiger partial charge >= 0.3 is 0 Å². The first-order valence-corrected chi connectivity index (χ1v) is 7.80. The van der Waals surface area contributed by atoms with Crippen molar-refractivity contribution in [2.75, 3.05) is 0 Å². The SMILES string of the molecule is CC(N)c1nc(-c2nc3cnccc3n2C(C)(C)C)cs1. The normalized spacial score (nSPS) is 13.8. The second-order valence-electron chi connectivity index (χ2n) is 6.17. The molecule has 0 saturated carbocycles. The fraction of sp³-hybridized carbons (Fsp3) is 0.400. The highest BCUT2D eigenvalue weighted by atomic mass is 32.1. The standard InChI is InChI=1S/C15H19N5S/c1-9(16)14-19-11(8-21-14)13-18-10-7-17-6-5-12(10)20(13)15(2,3)4/h5-9H,16H2,1-4H3. The molecule has 110 valence electrons. The molecule has 0 aliphatic heterocycles. The number of aromatic nitrogens is 4. The van der Waals surface area contributed by atoms with Gasteiger partial charge in [0.05, 0.1) is 17.8 Å². The van der Waals surface area contributed by atoms with Crippen molar-refractivity contribution in [2.24, 2.45) is 5.73 Å². The number of nitrogens with two attached hydrogens (primary N) is 1. The molecule has 3 rings (SSSR count). The van der Waals surface area contributed by atoms with Gasteiger partial charge in [0.25, 0.3) is 0 Å². The summed E-state index contributed by atoms with van der Waals surface area (Å²) >= 11 is 1.58. The van der Waals surface area contributed by atoms with Crippen molar-refractivity contribution >= 4 is 22.4 Å². The first-order valence-electron chi connectivity index (χ1n) is 6.92. The van der Waals surface area contributed by atoms with Crippen LogP contribution >= 0.6 is 11.3 Å². The monoisotopic (exact) mass is 301 g/mol. The smallest absolute Gasteiger partial charge is 0.161 e. The molecule has 3 heterocycles. The molecule has 0 amide bonds. The van der Waals surface area contributed by atoms with Gasteiger partial charge in [0.2, 0.25) is 0 Å². The molecule has 21 heavy (non-hydrogen) atoms. The highest BCUT2D eigenvalue weighted by Crippen LogP contribution is 2.32. The number of nitrogens with zero attached hydrogens (tertiary/aromatic N) is 4. The van der Waals surface area contributed by atoms with Gasteiger partial charge in [-0.1, -0.05) is 0 Å². The van der Waals surface area contributed by atoms with E-state index in [1.807, 2.05) is 18.4 Å². The summed E-state index contributed by atoms with van der Waals surface area (Å²) in [5.74, 6) is 0.869. The summed E-state index contributed by atoms with van der Waals surface area (Å²) in [7, 11) is 0. The van der Waals surface area contributed by atoms with Crippen LogP contribution in [0.5, 0.6) is 0 Å². The van der Waals surface area contributed by atoms with Crippen molar-refractivity contribution in [2.45, 2.75) is 39.3 Å². The number of rotatable bonds is 2. The third kappa shape index (κ3) is 2.45. The van der Waals surface area contributed by atoms with Crippen LogP contribution in [-0.2, 0) is 5.54 Å². The Kier molecular flexibility index (Phi) is 3.30. The second kappa shape index (κ2) is 4.89. The summed E-state index contributed by atoms with van der Waals surface area (Å²) in [6.07, 6.45) is 3.59. The minimum Gasteiger partial charge on any atom is -0.322 e. The Labute approximate surface area is 127 Å². The van der Waals surface area contributed by atoms with Gasteiger partial charge in [-0.2, -0.15) is 0 Å². The lowest BCUT2D eigenvalue weighted by Crippen LogP contribution is -2.22. The average Bonchev–Trinajstić information content (AvgIpc) is 3.02. The lowest BCUT2D eigenvalue weighted by Gasteiger charge is -2.24. The Morgan fingerprint density at radius 2 is 2.05 bits per heavy atom. The van der Waals surface area contributed by atoms with Crippen LogP contribution in [0, 0.1) is 0 Å². The number of thiazole rings is 1. The fourth-order valence-electron chi connectivity index (χ4n) is 2.38. The predicted octanol–water partition coefficient (Wildman–Crippen LogP) is 3.33. The topological polar surface area (TPSA) is 69.6 Å². The first-order chi connectivity index (χ1) is 9.88. The van der Waals surface area contributed by atoms with Gasteiger partial charge in [-0.25, -0.2) is 9.97 Å². The Balaban J connectivity index is 2.26. The second-order valence-corrected chi connectivity index (χ2v) is 7.06. The number of imidazole rings is 1. The summed E-state index contributed by atoms with van der Waals surface area (Å²) in [5, 5.41) is 2.95. The zero-order chi connectivity index (χ0) is 15.2. The van der Waals surface area contributed by atoms with Crippen molar-refractivity contribution in [3.8, 4) is 11.5 Å². The van der Waals surface area contributed by atoms with Gasteiger partial charge in [0.15, 0.2) is 5.82 Å². The maximum Gasteiger partial charge on any atom is 0.161 e. The molecule has 6 heteroatoms. The van der Waals surface area contributed by atoms with Gasteiger partial charge in [-0.05, 0) is 33.8 Å². The molecule has 3 aromatic heterocycles. The molecule has 1 atom stereocenters. The molecule has 5 nitrogen and oxygen atoms in total. The molecular formula is C15H19N5S. The minimum atomic E-state index is -0.0937. The largest absolute Gasteiger partial charge is 0.322 e. The molecule has 0 radical (unpaired) electrons. The van der Waals surface area contributed by atoms with Crippen LogP contribution in [0.2, 0.25) is 0 Å². The molecule has 1 unspecified atom stereocenters. The van der Waals surface area contributed by atoms with E-state index in [4.69, 9.17) is 10.7 Å². The van der Waals surface area contributed by atoms with Crippen molar-refractivity contribution < 1.29 is 0 Å². The molecule has 0 fully saturated rings. The van der Waals surface area contributed by atoms with E-state index in [9.17, 15) is 0 Å². The maximum absolute atomic E-state index is 5.91. The van der Waals surface area contributed by atoms with Gasteiger partial charge in [-0.15, -0.1) is 11.3 Å². The summed E-state index contributed by atoms with van der Waals surface area (Å²) in [6.45, 7) is 8.43. The average molecular weight is 301 g/mol. The van der Waals surface area contributed by atoms with Gasteiger partial charge < -0.3 is 10.3 Å². The van der Waals surface area contributed by atoms with E-state index in [0.29, 0.717) is 0 Å². The zero-order valence-electron chi connectivity index (χ0n) is 12.7. The zero-order valence-corrected chi connectivity index (χ0v) is 13.5. The van der Waals surface area contributed by atoms with E-state index in [1.54, 1.807) is 23.7 Å². The Morgan fingerprint density at radius 1 is 1.29 bits per heavy atom. The molecule has 0 aliphatic rings. The van der Waals surface area contributed by atoms with Crippen molar-refractivity contribution in [1.82, 2.24) is 19.5 Å². The molecule has 0 bridgehead atoms. The molecule has 0 aromatic carbocycles. The highest BCUT2D eigenvalue weighted by Gasteiger charge is 2.24. The van der Waals surface area contributed by atoms with Crippen molar-refractivity contribution in [3.63, 3.8) is 0 Å². The molecule has 0 aliphatic carbocycles. The quantitative estimate of drug-likeness (QED) is 0.788. The first kappa shape index (κ1) is 14.2. The molecule has 0 saturated heterocycles. The van der Waals surface area contributed by atoms with Crippen molar-refractivity contribution in [1.29, 1.82) is 0 Å².